The van der Waals surface area contributed by atoms with Gasteiger partial charge in [-0.2, -0.15) is 0 Å². The Morgan fingerprint density at radius 2 is 1.74 bits per heavy atom. The molecule has 0 saturated heterocycles. The number of rotatable bonds is 13. The first-order valence-corrected chi connectivity index (χ1v) is 14.7. The molecule has 39 heavy (non-hydrogen) atoms. The third kappa shape index (κ3) is 7.83. The molecule has 1 heterocycles. The molecule has 0 spiro atoms. The predicted octanol–water partition coefficient (Wildman–Crippen LogP) is 6.67. The van der Waals surface area contributed by atoms with Gasteiger partial charge in [0.1, 0.15) is 17.9 Å². The highest BCUT2D eigenvalue weighted by Gasteiger charge is 2.12. The van der Waals surface area contributed by atoms with Gasteiger partial charge in [0.2, 0.25) is 0 Å². The van der Waals surface area contributed by atoms with Crippen LogP contribution in [0.5, 0.6) is 5.75 Å². The summed E-state index contributed by atoms with van der Waals surface area (Å²) in [7, 11) is -1.23. The molecule has 1 atom stereocenters. The molecule has 0 aliphatic rings. The summed E-state index contributed by atoms with van der Waals surface area (Å²) < 4.78 is 20.5. The molecule has 7 heteroatoms. The minimum absolute atomic E-state index is 0.0550. The number of hydrogen-bond acceptors (Lipinski definition) is 5. The van der Waals surface area contributed by atoms with E-state index in [0.29, 0.717) is 29.2 Å². The van der Waals surface area contributed by atoms with Crippen LogP contribution in [0.15, 0.2) is 89.6 Å². The quantitative estimate of drug-likeness (QED) is 0.177. The van der Waals surface area contributed by atoms with Crippen molar-refractivity contribution in [1.82, 2.24) is 14.8 Å². The van der Waals surface area contributed by atoms with Crippen LogP contribution >= 0.6 is 0 Å². The zero-order valence-corrected chi connectivity index (χ0v) is 23.6. The van der Waals surface area contributed by atoms with Gasteiger partial charge in [0.15, 0.2) is 5.78 Å². The van der Waals surface area contributed by atoms with Crippen LogP contribution in [0.3, 0.4) is 0 Å². The Labute approximate surface area is 233 Å². The highest BCUT2D eigenvalue weighted by atomic mass is 32.2. The maximum absolute atomic E-state index is 13.0. The third-order valence-corrected chi connectivity index (χ3v) is 7.66. The summed E-state index contributed by atoms with van der Waals surface area (Å²) in [6.45, 7) is 7.54. The predicted molar refractivity (Wildman–Crippen MR) is 157 cm³/mol. The summed E-state index contributed by atoms with van der Waals surface area (Å²) in [5, 5.41) is 8.05. The lowest BCUT2D eigenvalue weighted by Gasteiger charge is -2.08. The van der Waals surface area contributed by atoms with Gasteiger partial charge in [-0.25, -0.2) is 0 Å². The van der Waals surface area contributed by atoms with Gasteiger partial charge in [-0.1, -0.05) is 56.3 Å². The largest absolute Gasteiger partial charge is 0.494 e. The number of benzene rings is 3. The molecule has 0 radical (unpaired) electrons. The lowest BCUT2D eigenvalue weighted by Crippen LogP contribution is -2.07. The number of ether oxygens (including phenoxy) is 1. The fourth-order valence-electron chi connectivity index (χ4n) is 4.20. The smallest absolute Gasteiger partial charge is 0.162 e. The van der Waals surface area contributed by atoms with Crippen molar-refractivity contribution in [3.05, 3.63) is 102 Å². The lowest BCUT2D eigenvalue weighted by molar-refractivity contribution is -0.114. The molecule has 0 bridgehead atoms. The Hall–Kier alpha value is -3.84. The number of ketones is 1. The minimum Gasteiger partial charge on any atom is -0.494 e. The zero-order chi connectivity index (χ0) is 27.6. The lowest BCUT2D eigenvalue weighted by atomic mass is 9.99. The molecular weight excluding hydrogens is 506 g/mol. The molecule has 0 amide bonds. The van der Waals surface area contributed by atoms with Gasteiger partial charge in [-0.3, -0.25) is 9.00 Å². The van der Waals surface area contributed by atoms with Crippen LogP contribution in [0, 0.1) is 0 Å². The second-order valence-corrected chi connectivity index (χ2v) is 11.0. The van der Waals surface area contributed by atoms with Crippen molar-refractivity contribution < 1.29 is 13.7 Å². The fraction of sp³-hybridized carbons (Fsp3) is 0.281. The minimum atomic E-state index is -1.23. The van der Waals surface area contributed by atoms with Crippen LogP contribution < -0.4 is 4.74 Å². The number of carbonyl (C=O) groups excluding carboxylic acids is 1. The first kappa shape index (κ1) is 28.2. The zero-order valence-electron chi connectivity index (χ0n) is 22.8. The van der Waals surface area contributed by atoms with Crippen LogP contribution in [-0.4, -0.2) is 31.4 Å². The molecule has 1 aromatic heterocycles. The van der Waals surface area contributed by atoms with Gasteiger partial charge in [0, 0.05) is 17.9 Å². The Kier molecular flexibility index (Phi) is 9.97. The van der Waals surface area contributed by atoms with E-state index in [1.54, 1.807) is 6.33 Å². The summed E-state index contributed by atoms with van der Waals surface area (Å²) >= 11 is 0. The molecule has 0 N–H and O–H groups in total. The molecule has 4 aromatic rings. The van der Waals surface area contributed by atoms with Crippen LogP contribution in [0.4, 0.5) is 0 Å². The fourth-order valence-corrected chi connectivity index (χ4v) is 5.27. The van der Waals surface area contributed by atoms with E-state index in [4.69, 9.17) is 4.74 Å². The maximum atomic E-state index is 13.0. The van der Waals surface area contributed by atoms with E-state index in [9.17, 15) is 9.00 Å². The van der Waals surface area contributed by atoms with E-state index in [1.807, 2.05) is 66.1 Å². The first-order valence-electron chi connectivity index (χ1n) is 13.4. The van der Waals surface area contributed by atoms with Crippen molar-refractivity contribution in [2.24, 2.45) is 0 Å². The Bertz CT molecular complexity index is 1440. The van der Waals surface area contributed by atoms with Crippen LogP contribution in [0.1, 0.15) is 50.6 Å². The monoisotopic (exact) mass is 541 g/mol. The molecule has 0 unspecified atom stereocenters. The topological polar surface area (TPSA) is 74.1 Å². The second kappa shape index (κ2) is 13.8. The normalized spacial score (nSPS) is 12.3. The second-order valence-electron chi connectivity index (χ2n) is 9.50. The van der Waals surface area contributed by atoms with Crippen molar-refractivity contribution in [3.63, 3.8) is 0 Å². The average Bonchev–Trinajstić information content (AvgIpc) is 3.39. The van der Waals surface area contributed by atoms with Gasteiger partial charge in [0.25, 0.3) is 0 Å². The number of Topliss-reactive ketones (excluding diaryl/α,β-unsaturated/α-hetero) is 1. The SMILES string of the molecule is CCCOc1ccc(-c2cccc(/C=C(\C)C(=O)Cc3ccc([S@](=O)Cc4nncn4CCC)cc3)c2)cc1. The van der Waals surface area contributed by atoms with E-state index < -0.39 is 10.8 Å². The molecule has 6 nitrogen and oxygen atoms in total. The molecule has 3 aromatic carbocycles. The standard InChI is InChI=1S/C32H35N3O3S/c1-4-17-35-23-33-34-32(35)22-39(37)30-15-9-25(10-16-30)21-31(36)24(3)19-26-7-6-8-28(20-26)27-11-13-29(14-12-27)38-18-5-2/h6-16,19-20,23H,4-5,17-18,21-22H2,1-3H3/b24-19+/t39-/m1/s1. The van der Waals surface area contributed by atoms with Crippen molar-refractivity contribution >= 4 is 22.7 Å². The highest BCUT2D eigenvalue weighted by molar-refractivity contribution is 7.84. The number of nitrogens with zero attached hydrogens (tertiary/aromatic N) is 3. The maximum Gasteiger partial charge on any atom is 0.162 e. The van der Waals surface area contributed by atoms with E-state index in [1.165, 1.54) is 0 Å². The average molecular weight is 542 g/mol. The third-order valence-electron chi connectivity index (χ3n) is 6.34. The highest BCUT2D eigenvalue weighted by Crippen LogP contribution is 2.24. The van der Waals surface area contributed by atoms with E-state index in [-0.39, 0.29) is 5.78 Å². The van der Waals surface area contributed by atoms with Crippen LogP contribution in [-0.2, 0) is 34.3 Å². The molecular formula is C32H35N3O3S. The van der Waals surface area contributed by atoms with Gasteiger partial charge >= 0.3 is 0 Å². The summed E-state index contributed by atoms with van der Waals surface area (Å²) in [6, 6.07) is 23.7. The molecule has 0 aliphatic carbocycles. The van der Waals surface area contributed by atoms with Crippen molar-refractivity contribution in [3.8, 4) is 16.9 Å². The number of hydrogen-bond donors (Lipinski definition) is 0. The van der Waals surface area contributed by atoms with Crippen molar-refractivity contribution in [1.29, 1.82) is 0 Å². The summed E-state index contributed by atoms with van der Waals surface area (Å²) in [6.07, 6.45) is 5.84. The number of aryl methyl sites for hydroxylation is 1. The van der Waals surface area contributed by atoms with Gasteiger partial charge in [0.05, 0.1) is 23.2 Å². The Morgan fingerprint density at radius 1 is 0.974 bits per heavy atom. The summed E-state index contributed by atoms with van der Waals surface area (Å²) in [4.78, 5) is 13.7. The number of carbonyl (C=O) groups is 1. The van der Waals surface area contributed by atoms with E-state index in [0.717, 1.165) is 53.2 Å². The molecule has 4 rings (SSSR count). The summed E-state index contributed by atoms with van der Waals surface area (Å²) in [5.74, 6) is 1.96. The molecule has 0 saturated carbocycles. The van der Waals surface area contributed by atoms with Gasteiger partial charge < -0.3 is 9.30 Å². The van der Waals surface area contributed by atoms with E-state index in [2.05, 4.69) is 48.3 Å². The number of aromatic nitrogens is 3. The Balaban J connectivity index is 1.37. The van der Waals surface area contributed by atoms with Gasteiger partial charge in [-0.15, -0.1) is 10.2 Å². The van der Waals surface area contributed by atoms with Crippen molar-refractivity contribution in [2.75, 3.05) is 6.61 Å². The van der Waals surface area contributed by atoms with Gasteiger partial charge in [-0.05, 0) is 84.0 Å². The van der Waals surface area contributed by atoms with Crippen molar-refractivity contribution in [2.45, 2.75) is 57.2 Å². The molecule has 202 valence electrons. The summed E-state index contributed by atoms with van der Waals surface area (Å²) in [5.41, 5.74) is 4.75. The Morgan fingerprint density at radius 3 is 2.46 bits per heavy atom. The van der Waals surface area contributed by atoms with Crippen LogP contribution in [0.2, 0.25) is 0 Å². The van der Waals surface area contributed by atoms with Crippen LogP contribution in [0.25, 0.3) is 17.2 Å². The molecule has 0 fully saturated rings. The number of allylic oxidation sites excluding steroid dienone is 1. The van der Waals surface area contributed by atoms with E-state index >= 15 is 0 Å². The molecule has 0 aliphatic heterocycles. The first-order chi connectivity index (χ1) is 19.0.